The van der Waals surface area contributed by atoms with Gasteiger partial charge >= 0.3 is 0 Å². The number of piperidine rings is 1. The number of benzene rings is 1. The number of ether oxygens (including phenoxy) is 1. The second-order valence-electron chi connectivity index (χ2n) is 8.28. The largest absolute Gasteiger partial charge is 0.476 e. The van der Waals surface area contributed by atoms with Crippen LogP contribution in [0.3, 0.4) is 0 Å². The van der Waals surface area contributed by atoms with E-state index in [0.29, 0.717) is 34.7 Å². The minimum Gasteiger partial charge on any atom is -0.476 e. The molecule has 4 heterocycles. The third kappa shape index (κ3) is 4.42. The van der Waals surface area contributed by atoms with E-state index in [1.54, 1.807) is 17.2 Å². The molecule has 5 rings (SSSR count). The van der Waals surface area contributed by atoms with Crippen molar-refractivity contribution in [1.29, 1.82) is 0 Å². The van der Waals surface area contributed by atoms with E-state index in [1.807, 2.05) is 46.7 Å². The maximum Gasteiger partial charge on any atom is 0.265 e. The van der Waals surface area contributed by atoms with Gasteiger partial charge in [0.15, 0.2) is 22.8 Å². The Morgan fingerprint density at radius 3 is 2.68 bits per heavy atom. The number of carbonyl (C=O) groups is 2. The summed E-state index contributed by atoms with van der Waals surface area (Å²) in [6, 6.07) is 11.0. The summed E-state index contributed by atoms with van der Waals surface area (Å²) in [5, 5.41) is 9.16. The van der Waals surface area contributed by atoms with Gasteiger partial charge in [0.2, 0.25) is 5.91 Å². The Bertz CT molecular complexity index is 1160. The first kappa shape index (κ1) is 22.5. The fourth-order valence-electron chi connectivity index (χ4n) is 4.39. The van der Waals surface area contributed by atoms with Crippen molar-refractivity contribution in [3.8, 4) is 17.3 Å². The first-order valence-corrected chi connectivity index (χ1v) is 12.6. The second kappa shape index (κ2) is 9.92. The second-order valence-corrected chi connectivity index (χ2v) is 9.22. The van der Waals surface area contributed by atoms with Crippen LogP contribution in [0.4, 0.5) is 5.69 Å². The minimum absolute atomic E-state index is 0.0477. The van der Waals surface area contributed by atoms with Crippen LogP contribution >= 0.6 is 11.8 Å². The Morgan fingerprint density at radius 2 is 1.91 bits per heavy atom. The van der Waals surface area contributed by atoms with E-state index in [2.05, 4.69) is 10.2 Å². The molecular weight excluding hydrogens is 454 g/mol. The molecule has 0 N–H and O–H groups in total. The number of rotatable bonds is 6. The first-order chi connectivity index (χ1) is 16.7. The van der Waals surface area contributed by atoms with Gasteiger partial charge in [0, 0.05) is 19.6 Å². The van der Waals surface area contributed by atoms with E-state index in [0.717, 1.165) is 32.4 Å². The van der Waals surface area contributed by atoms with Gasteiger partial charge in [-0.25, -0.2) is 0 Å². The lowest BCUT2D eigenvalue weighted by atomic mass is 10.1. The zero-order valence-corrected chi connectivity index (χ0v) is 19.9. The molecule has 1 unspecified atom stereocenters. The average Bonchev–Trinajstić information content (AvgIpc) is 3.56. The molecule has 3 aromatic rings. The molecule has 2 amide bonds. The van der Waals surface area contributed by atoms with Gasteiger partial charge in [0.25, 0.3) is 5.91 Å². The molecule has 1 atom stereocenters. The van der Waals surface area contributed by atoms with Crippen LogP contribution in [0.15, 0.2) is 52.2 Å². The molecule has 2 aliphatic rings. The zero-order valence-electron chi connectivity index (χ0n) is 19.1. The number of furan rings is 1. The highest BCUT2D eigenvalue weighted by molar-refractivity contribution is 7.99. The lowest BCUT2D eigenvalue weighted by Gasteiger charge is -2.37. The Labute approximate surface area is 202 Å². The third-order valence-electron chi connectivity index (χ3n) is 6.12. The molecule has 34 heavy (non-hydrogen) atoms. The van der Waals surface area contributed by atoms with Crippen molar-refractivity contribution < 1.29 is 18.7 Å². The number of fused-ring (bicyclic) bond motifs is 1. The van der Waals surface area contributed by atoms with Crippen molar-refractivity contribution in [2.45, 2.75) is 44.0 Å². The van der Waals surface area contributed by atoms with E-state index in [-0.39, 0.29) is 24.1 Å². The summed E-state index contributed by atoms with van der Waals surface area (Å²) in [6.07, 6.45) is 4.05. The van der Waals surface area contributed by atoms with Crippen molar-refractivity contribution in [3.63, 3.8) is 0 Å². The highest BCUT2D eigenvalue weighted by Crippen LogP contribution is 2.34. The topological polar surface area (TPSA) is 93.7 Å². The van der Waals surface area contributed by atoms with Crippen molar-refractivity contribution in [2.75, 3.05) is 30.3 Å². The van der Waals surface area contributed by atoms with E-state index in [1.165, 1.54) is 11.8 Å². The summed E-state index contributed by atoms with van der Waals surface area (Å²) in [6.45, 7) is 4.33. The number of carbonyl (C=O) groups excluding carboxylic acids is 2. The van der Waals surface area contributed by atoms with E-state index in [4.69, 9.17) is 9.15 Å². The third-order valence-corrected chi connectivity index (χ3v) is 7.07. The zero-order chi connectivity index (χ0) is 23.5. The predicted molar refractivity (Wildman–Crippen MR) is 128 cm³/mol. The smallest absolute Gasteiger partial charge is 0.265 e. The van der Waals surface area contributed by atoms with E-state index < -0.39 is 6.10 Å². The van der Waals surface area contributed by atoms with Gasteiger partial charge in [-0.1, -0.05) is 23.9 Å². The summed E-state index contributed by atoms with van der Waals surface area (Å²) >= 11 is 1.32. The molecule has 0 bridgehead atoms. The molecule has 0 spiro atoms. The van der Waals surface area contributed by atoms with Gasteiger partial charge in [-0.2, -0.15) is 0 Å². The highest BCUT2D eigenvalue weighted by atomic mass is 32.2. The first-order valence-electron chi connectivity index (χ1n) is 11.6. The van der Waals surface area contributed by atoms with Crippen LogP contribution in [0.25, 0.3) is 11.6 Å². The Hall–Kier alpha value is -3.27. The molecule has 1 fully saturated rings. The number of likely N-dealkylation sites (tertiary alicyclic amines) is 1. The van der Waals surface area contributed by atoms with Crippen LogP contribution in [0.1, 0.15) is 26.2 Å². The Balaban J connectivity index is 1.32. The highest BCUT2D eigenvalue weighted by Gasteiger charge is 2.36. The SMILES string of the molecule is CCn1c(SCC(=O)N2CC(C(=O)N3CCCCC3)Oc3ccccc32)nnc1-c1ccco1. The number of aromatic nitrogens is 3. The Morgan fingerprint density at radius 1 is 1.09 bits per heavy atom. The quantitative estimate of drug-likeness (QED) is 0.498. The molecule has 0 radical (unpaired) electrons. The van der Waals surface area contributed by atoms with Crippen molar-refractivity contribution in [3.05, 3.63) is 42.7 Å². The maximum atomic E-state index is 13.4. The van der Waals surface area contributed by atoms with Crippen molar-refractivity contribution >= 4 is 29.3 Å². The van der Waals surface area contributed by atoms with E-state index in [9.17, 15) is 9.59 Å². The van der Waals surface area contributed by atoms with Crippen LogP contribution < -0.4 is 9.64 Å². The molecule has 1 saturated heterocycles. The predicted octanol–water partition coefficient (Wildman–Crippen LogP) is 3.46. The number of para-hydroxylation sites is 2. The Kier molecular flexibility index (Phi) is 6.57. The molecule has 10 heteroatoms. The molecule has 0 saturated carbocycles. The summed E-state index contributed by atoms with van der Waals surface area (Å²) in [5.41, 5.74) is 0.684. The summed E-state index contributed by atoms with van der Waals surface area (Å²) in [7, 11) is 0. The van der Waals surface area contributed by atoms with Gasteiger partial charge in [0.05, 0.1) is 24.2 Å². The fraction of sp³-hybridized carbons (Fsp3) is 0.417. The van der Waals surface area contributed by atoms with Gasteiger partial charge in [-0.3, -0.25) is 14.2 Å². The lowest BCUT2D eigenvalue weighted by Crippen LogP contribution is -2.53. The number of anilines is 1. The van der Waals surface area contributed by atoms with Crippen LogP contribution in [0, 0.1) is 0 Å². The number of thioether (sulfide) groups is 1. The number of hydrogen-bond donors (Lipinski definition) is 0. The number of nitrogens with zero attached hydrogens (tertiary/aromatic N) is 5. The van der Waals surface area contributed by atoms with Crippen LogP contribution in [-0.2, 0) is 16.1 Å². The molecule has 9 nitrogen and oxygen atoms in total. The summed E-state index contributed by atoms with van der Waals surface area (Å²) in [5.74, 6) is 1.82. The minimum atomic E-state index is -0.702. The average molecular weight is 482 g/mol. The molecule has 1 aromatic carbocycles. The van der Waals surface area contributed by atoms with Gasteiger partial charge in [-0.05, 0) is 50.5 Å². The molecule has 0 aliphatic carbocycles. The number of amides is 2. The van der Waals surface area contributed by atoms with Gasteiger partial charge in [0.1, 0.15) is 5.75 Å². The molecule has 2 aromatic heterocycles. The lowest BCUT2D eigenvalue weighted by molar-refractivity contribution is -0.139. The maximum absolute atomic E-state index is 13.4. The van der Waals surface area contributed by atoms with Crippen LogP contribution in [0.5, 0.6) is 5.75 Å². The molecular formula is C24H27N5O4S. The number of hydrogen-bond acceptors (Lipinski definition) is 7. The summed E-state index contributed by atoms with van der Waals surface area (Å²) < 4.78 is 13.4. The van der Waals surface area contributed by atoms with Crippen LogP contribution in [0.2, 0.25) is 0 Å². The van der Waals surface area contributed by atoms with Crippen LogP contribution in [-0.4, -0.2) is 63.0 Å². The molecule has 2 aliphatic heterocycles. The standard InChI is InChI=1S/C24H27N5O4S/c1-2-28-22(19-11-8-14-32-19)25-26-24(28)34-16-21(30)29-15-20(23(31)27-12-6-3-7-13-27)33-18-10-5-4-9-17(18)29/h4-5,8-11,14,20H,2-3,6-7,12-13,15-16H2,1H3. The molecule has 178 valence electrons. The fourth-order valence-corrected chi connectivity index (χ4v) is 5.27. The van der Waals surface area contributed by atoms with Crippen molar-refractivity contribution in [2.24, 2.45) is 0 Å². The monoisotopic (exact) mass is 481 g/mol. The van der Waals surface area contributed by atoms with Gasteiger partial charge in [-0.15, -0.1) is 10.2 Å². The van der Waals surface area contributed by atoms with Crippen molar-refractivity contribution in [1.82, 2.24) is 19.7 Å². The van der Waals surface area contributed by atoms with E-state index >= 15 is 0 Å². The normalized spacial score (nSPS) is 17.9. The van der Waals surface area contributed by atoms with Gasteiger partial charge < -0.3 is 19.0 Å². The summed E-state index contributed by atoms with van der Waals surface area (Å²) in [4.78, 5) is 30.0.